The smallest absolute Gasteiger partial charge is 0.266 e. The summed E-state index contributed by atoms with van der Waals surface area (Å²) in [5.74, 6) is -0.663. The van der Waals surface area contributed by atoms with Crippen LogP contribution in [0.4, 0.5) is 0 Å². The van der Waals surface area contributed by atoms with Crippen molar-refractivity contribution in [3.05, 3.63) is 36.0 Å². The number of hydrogen-bond donors (Lipinski definition) is 3. The lowest BCUT2D eigenvalue weighted by molar-refractivity contribution is -0.201. The maximum Gasteiger partial charge on any atom is 0.266 e. The average molecular weight is 345 g/mol. The van der Waals surface area contributed by atoms with Gasteiger partial charge < -0.3 is 15.0 Å². The standard InChI is InChI=1S/C18H23N3O4/c1-12(22)20-16(18(23)21-25-17-8-4-5-9-24-17)10-13-11-19-15-7-3-2-6-14(13)15/h2-3,6-7,11,16-17,19H,4-5,8-10H2,1H3,(H,20,22)(H,21,23)/t16-,17+/m0/s1. The SMILES string of the molecule is CC(=O)N[C@@H](Cc1c[nH]c2ccccc12)C(=O)NO[C@@H]1CCCCO1. The number of hydrogen-bond acceptors (Lipinski definition) is 4. The van der Waals surface area contributed by atoms with Crippen LogP contribution in [0.2, 0.25) is 0 Å². The van der Waals surface area contributed by atoms with Gasteiger partial charge in [0.05, 0.1) is 0 Å². The maximum absolute atomic E-state index is 12.5. The molecule has 25 heavy (non-hydrogen) atoms. The van der Waals surface area contributed by atoms with Gasteiger partial charge in [-0.15, -0.1) is 0 Å². The molecule has 0 bridgehead atoms. The molecule has 0 saturated carbocycles. The van der Waals surface area contributed by atoms with E-state index in [0.717, 1.165) is 35.7 Å². The van der Waals surface area contributed by atoms with Crippen molar-refractivity contribution in [2.45, 2.75) is 44.9 Å². The van der Waals surface area contributed by atoms with Gasteiger partial charge in [-0.3, -0.25) is 9.59 Å². The van der Waals surface area contributed by atoms with Crippen molar-refractivity contribution in [3.63, 3.8) is 0 Å². The van der Waals surface area contributed by atoms with Crippen LogP contribution in [0, 0.1) is 0 Å². The van der Waals surface area contributed by atoms with Crippen molar-refractivity contribution in [1.82, 2.24) is 15.8 Å². The average Bonchev–Trinajstić information content (AvgIpc) is 3.03. The number of para-hydroxylation sites is 1. The molecule has 0 aliphatic carbocycles. The van der Waals surface area contributed by atoms with Crippen molar-refractivity contribution in [2.24, 2.45) is 0 Å². The van der Waals surface area contributed by atoms with Crippen LogP contribution in [0.5, 0.6) is 0 Å². The first kappa shape index (κ1) is 17.4. The van der Waals surface area contributed by atoms with Gasteiger partial charge in [0, 0.05) is 43.5 Å². The van der Waals surface area contributed by atoms with Gasteiger partial charge in [-0.25, -0.2) is 10.3 Å². The quantitative estimate of drug-likeness (QED) is 0.696. The number of hydroxylamine groups is 1. The van der Waals surface area contributed by atoms with Crippen molar-refractivity contribution >= 4 is 22.7 Å². The number of amides is 2. The lowest BCUT2D eigenvalue weighted by atomic mass is 10.0. The Hall–Kier alpha value is -2.38. The third kappa shape index (κ3) is 4.58. The predicted molar refractivity (Wildman–Crippen MR) is 92.4 cm³/mol. The monoisotopic (exact) mass is 345 g/mol. The van der Waals surface area contributed by atoms with E-state index in [1.165, 1.54) is 6.92 Å². The Morgan fingerprint density at radius 2 is 2.20 bits per heavy atom. The summed E-state index contributed by atoms with van der Waals surface area (Å²) in [7, 11) is 0. The Balaban J connectivity index is 1.66. The second kappa shape index (κ2) is 8.13. The first-order chi connectivity index (χ1) is 12.1. The van der Waals surface area contributed by atoms with Gasteiger partial charge in [0.25, 0.3) is 5.91 Å². The minimum absolute atomic E-state index is 0.270. The van der Waals surface area contributed by atoms with Gasteiger partial charge in [-0.1, -0.05) is 18.2 Å². The highest BCUT2D eigenvalue weighted by molar-refractivity contribution is 5.88. The van der Waals surface area contributed by atoms with Gasteiger partial charge >= 0.3 is 0 Å². The number of aromatic nitrogens is 1. The van der Waals surface area contributed by atoms with Crippen LogP contribution < -0.4 is 10.8 Å². The highest BCUT2D eigenvalue weighted by atomic mass is 16.8. The molecule has 2 atom stereocenters. The maximum atomic E-state index is 12.5. The number of carbonyl (C=O) groups is 2. The van der Waals surface area contributed by atoms with E-state index in [2.05, 4.69) is 15.8 Å². The fourth-order valence-electron chi connectivity index (χ4n) is 2.97. The van der Waals surface area contributed by atoms with Crippen molar-refractivity contribution in [2.75, 3.05) is 6.61 Å². The molecule has 2 aromatic rings. The fraction of sp³-hybridized carbons (Fsp3) is 0.444. The zero-order valence-electron chi connectivity index (χ0n) is 14.2. The summed E-state index contributed by atoms with van der Waals surface area (Å²) in [4.78, 5) is 32.5. The number of nitrogens with one attached hydrogen (secondary N) is 3. The second-order valence-electron chi connectivity index (χ2n) is 6.20. The largest absolute Gasteiger partial charge is 0.361 e. The van der Waals surface area contributed by atoms with Crippen molar-refractivity contribution < 1.29 is 19.2 Å². The molecule has 1 fully saturated rings. The minimum atomic E-state index is -0.722. The molecule has 1 aromatic heterocycles. The lowest BCUT2D eigenvalue weighted by Crippen LogP contribution is -2.48. The molecule has 1 saturated heterocycles. The number of ether oxygens (including phenoxy) is 1. The molecule has 2 amide bonds. The molecule has 1 aromatic carbocycles. The molecule has 134 valence electrons. The van der Waals surface area contributed by atoms with E-state index in [1.54, 1.807) is 0 Å². The summed E-state index contributed by atoms with van der Waals surface area (Å²) < 4.78 is 5.42. The lowest BCUT2D eigenvalue weighted by Gasteiger charge is -2.24. The van der Waals surface area contributed by atoms with E-state index in [0.29, 0.717) is 13.0 Å². The van der Waals surface area contributed by atoms with Crippen molar-refractivity contribution in [3.8, 4) is 0 Å². The summed E-state index contributed by atoms with van der Waals surface area (Å²) in [6.07, 6.45) is 4.55. The summed E-state index contributed by atoms with van der Waals surface area (Å²) in [6.45, 7) is 2.02. The van der Waals surface area contributed by atoms with E-state index in [9.17, 15) is 9.59 Å². The third-order valence-electron chi connectivity index (χ3n) is 4.22. The van der Waals surface area contributed by atoms with Gasteiger partial charge in [0.1, 0.15) is 6.04 Å². The first-order valence-corrected chi connectivity index (χ1v) is 8.52. The predicted octanol–water partition coefficient (Wildman–Crippen LogP) is 1.79. The Labute approximate surface area is 146 Å². The second-order valence-corrected chi connectivity index (χ2v) is 6.20. The normalized spacial score (nSPS) is 18.7. The van der Waals surface area contributed by atoms with Gasteiger partial charge in [0.15, 0.2) is 6.29 Å². The van der Waals surface area contributed by atoms with E-state index < -0.39 is 18.2 Å². The highest BCUT2D eigenvalue weighted by Crippen LogP contribution is 2.19. The van der Waals surface area contributed by atoms with Crippen LogP contribution in [0.25, 0.3) is 10.9 Å². The van der Waals surface area contributed by atoms with Crippen LogP contribution in [0.1, 0.15) is 31.7 Å². The molecule has 0 radical (unpaired) electrons. The van der Waals surface area contributed by atoms with E-state index in [-0.39, 0.29) is 5.91 Å². The van der Waals surface area contributed by atoms with Crippen LogP contribution in [-0.4, -0.2) is 35.7 Å². The summed E-state index contributed by atoms with van der Waals surface area (Å²) in [5, 5.41) is 3.71. The molecule has 1 aliphatic rings. The Morgan fingerprint density at radius 1 is 1.36 bits per heavy atom. The van der Waals surface area contributed by atoms with Crippen LogP contribution >= 0.6 is 0 Å². The minimum Gasteiger partial charge on any atom is -0.361 e. The molecule has 7 nitrogen and oxygen atoms in total. The Bertz CT molecular complexity index is 737. The molecule has 2 heterocycles. The summed E-state index contributed by atoms with van der Waals surface area (Å²) in [5.41, 5.74) is 4.38. The zero-order valence-corrected chi connectivity index (χ0v) is 14.2. The molecule has 3 rings (SSSR count). The Kier molecular flexibility index (Phi) is 5.67. The molecular formula is C18H23N3O4. The summed E-state index contributed by atoms with van der Waals surface area (Å²) >= 11 is 0. The third-order valence-corrected chi connectivity index (χ3v) is 4.22. The summed E-state index contributed by atoms with van der Waals surface area (Å²) in [6, 6.07) is 7.11. The van der Waals surface area contributed by atoms with E-state index in [4.69, 9.17) is 9.57 Å². The fourth-order valence-corrected chi connectivity index (χ4v) is 2.97. The molecule has 0 unspecified atom stereocenters. The number of rotatable bonds is 6. The Morgan fingerprint density at radius 3 is 2.96 bits per heavy atom. The van der Waals surface area contributed by atoms with Crippen molar-refractivity contribution in [1.29, 1.82) is 0 Å². The molecule has 1 aliphatic heterocycles. The first-order valence-electron chi connectivity index (χ1n) is 8.52. The van der Waals surface area contributed by atoms with Crippen LogP contribution in [0.15, 0.2) is 30.5 Å². The number of H-pyrrole nitrogens is 1. The van der Waals surface area contributed by atoms with Gasteiger partial charge in [-0.2, -0.15) is 0 Å². The molecule has 7 heteroatoms. The van der Waals surface area contributed by atoms with E-state index >= 15 is 0 Å². The topological polar surface area (TPSA) is 92.5 Å². The number of benzene rings is 1. The molecule has 0 spiro atoms. The number of carbonyl (C=O) groups excluding carboxylic acids is 2. The van der Waals surface area contributed by atoms with Crippen LogP contribution in [0.3, 0.4) is 0 Å². The molecular weight excluding hydrogens is 322 g/mol. The zero-order chi connectivity index (χ0) is 17.6. The highest BCUT2D eigenvalue weighted by Gasteiger charge is 2.23. The number of aromatic amines is 1. The van der Waals surface area contributed by atoms with Crippen LogP contribution in [-0.2, 0) is 25.6 Å². The van der Waals surface area contributed by atoms with Gasteiger partial charge in [-0.05, 0) is 24.5 Å². The van der Waals surface area contributed by atoms with E-state index in [1.807, 2.05) is 30.5 Å². The molecule has 3 N–H and O–H groups in total. The number of fused-ring (bicyclic) bond motifs is 1. The van der Waals surface area contributed by atoms with Gasteiger partial charge in [0.2, 0.25) is 5.91 Å².